The average molecular weight is 224 g/mol. The van der Waals surface area contributed by atoms with E-state index in [1.165, 1.54) is 0 Å². The molecule has 1 fully saturated rings. The van der Waals surface area contributed by atoms with Crippen LogP contribution in [0.15, 0.2) is 22.8 Å². The zero-order chi connectivity index (χ0) is 11.4. The Hall–Kier alpha value is -0.840. The van der Waals surface area contributed by atoms with E-state index in [1.807, 2.05) is 12.1 Å². The molecule has 2 N–H and O–H groups in total. The van der Waals surface area contributed by atoms with Gasteiger partial charge in [-0.05, 0) is 25.1 Å². The van der Waals surface area contributed by atoms with E-state index in [1.54, 1.807) is 6.26 Å². The maximum absolute atomic E-state index is 9.44. The first-order chi connectivity index (χ1) is 7.78. The van der Waals surface area contributed by atoms with Crippen molar-refractivity contribution in [3.8, 4) is 0 Å². The highest BCUT2D eigenvalue weighted by Gasteiger charge is 2.23. The van der Waals surface area contributed by atoms with Gasteiger partial charge in [-0.15, -0.1) is 0 Å². The smallest absolute Gasteiger partial charge is 0.117 e. The summed E-state index contributed by atoms with van der Waals surface area (Å²) in [6.07, 6.45) is 2.39. The third-order valence-electron chi connectivity index (χ3n) is 3.08. The van der Waals surface area contributed by atoms with Crippen molar-refractivity contribution in [1.29, 1.82) is 0 Å². The van der Waals surface area contributed by atoms with Gasteiger partial charge in [-0.3, -0.25) is 4.90 Å². The quantitative estimate of drug-likeness (QED) is 0.777. The molecule has 0 aromatic carbocycles. The number of rotatable bonds is 5. The largest absolute Gasteiger partial charge is 0.468 e. The first-order valence-electron chi connectivity index (χ1n) is 5.94. The lowest BCUT2D eigenvalue weighted by Crippen LogP contribution is -2.37. The highest BCUT2D eigenvalue weighted by Crippen LogP contribution is 2.11. The van der Waals surface area contributed by atoms with Crippen molar-refractivity contribution in [2.45, 2.75) is 32.0 Å². The Morgan fingerprint density at radius 2 is 2.50 bits per heavy atom. The number of furan rings is 1. The van der Waals surface area contributed by atoms with Gasteiger partial charge in [0.1, 0.15) is 5.76 Å². The fourth-order valence-electron chi connectivity index (χ4n) is 2.18. The third-order valence-corrected chi connectivity index (χ3v) is 3.08. The molecule has 2 heterocycles. The Kier molecular flexibility index (Phi) is 3.98. The van der Waals surface area contributed by atoms with Crippen LogP contribution in [0.5, 0.6) is 0 Å². The summed E-state index contributed by atoms with van der Waals surface area (Å²) in [6, 6.07) is 4.32. The van der Waals surface area contributed by atoms with E-state index in [0.717, 1.165) is 38.4 Å². The normalized spacial score (nSPS) is 25.4. The van der Waals surface area contributed by atoms with Crippen LogP contribution in [0.1, 0.15) is 19.1 Å². The molecule has 0 amide bonds. The molecule has 1 saturated heterocycles. The van der Waals surface area contributed by atoms with Crippen LogP contribution in [-0.2, 0) is 6.54 Å². The van der Waals surface area contributed by atoms with E-state index in [0.29, 0.717) is 6.04 Å². The second kappa shape index (κ2) is 5.48. The fraction of sp³-hybridized carbons (Fsp3) is 0.667. The van der Waals surface area contributed by atoms with Gasteiger partial charge in [0, 0.05) is 19.1 Å². The maximum atomic E-state index is 9.44. The highest BCUT2D eigenvalue weighted by atomic mass is 16.3. The molecule has 4 nitrogen and oxygen atoms in total. The van der Waals surface area contributed by atoms with Gasteiger partial charge < -0.3 is 14.8 Å². The molecular weight excluding hydrogens is 204 g/mol. The molecule has 2 unspecified atom stereocenters. The monoisotopic (exact) mass is 224 g/mol. The molecule has 4 heteroatoms. The minimum Gasteiger partial charge on any atom is -0.468 e. The minimum absolute atomic E-state index is 0.174. The van der Waals surface area contributed by atoms with Crippen molar-refractivity contribution in [2.24, 2.45) is 0 Å². The van der Waals surface area contributed by atoms with Gasteiger partial charge in [0.25, 0.3) is 0 Å². The Morgan fingerprint density at radius 1 is 1.62 bits per heavy atom. The number of aliphatic hydroxyl groups is 1. The van der Waals surface area contributed by atoms with E-state index in [9.17, 15) is 5.11 Å². The minimum atomic E-state index is -0.174. The molecule has 0 saturated carbocycles. The molecule has 1 aromatic rings. The SMILES string of the molecule is CCN(Cc1ccco1)CC1CC(O)CN1. The summed E-state index contributed by atoms with van der Waals surface area (Å²) in [5.41, 5.74) is 0. The van der Waals surface area contributed by atoms with Crippen molar-refractivity contribution in [2.75, 3.05) is 19.6 Å². The van der Waals surface area contributed by atoms with E-state index >= 15 is 0 Å². The lowest BCUT2D eigenvalue weighted by molar-refractivity contribution is 0.185. The van der Waals surface area contributed by atoms with Gasteiger partial charge in [-0.1, -0.05) is 6.92 Å². The summed E-state index contributed by atoms with van der Waals surface area (Å²) in [7, 11) is 0. The van der Waals surface area contributed by atoms with Crippen molar-refractivity contribution in [3.05, 3.63) is 24.2 Å². The number of hydrogen-bond acceptors (Lipinski definition) is 4. The van der Waals surface area contributed by atoms with Gasteiger partial charge in [-0.25, -0.2) is 0 Å². The summed E-state index contributed by atoms with van der Waals surface area (Å²) >= 11 is 0. The van der Waals surface area contributed by atoms with Crippen LogP contribution < -0.4 is 5.32 Å². The van der Waals surface area contributed by atoms with Crippen molar-refractivity contribution in [1.82, 2.24) is 10.2 Å². The first-order valence-corrected chi connectivity index (χ1v) is 5.94. The molecule has 1 aliphatic rings. The Labute approximate surface area is 96.2 Å². The fourth-order valence-corrected chi connectivity index (χ4v) is 2.18. The topological polar surface area (TPSA) is 48.6 Å². The molecule has 2 rings (SSSR count). The number of β-amino-alcohol motifs (C(OH)–C–C–N with tert-alkyl or cyclic N) is 1. The van der Waals surface area contributed by atoms with E-state index in [-0.39, 0.29) is 6.10 Å². The van der Waals surface area contributed by atoms with Gasteiger partial charge in [0.05, 0.1) is 18.9 Å². The van der Waals surface area contributed by atoms with Gasteiger partial charge in [0.2, 0.25) is 0 Å². The molecule has 2 atom stereocenters. The lowest BCUT2D eigenvalue weighted by atomic mass is 10.2. The maximum Gasteiger partial charge on any atom is 0.117 e. The molecule has 16 heavy (non-hydrogen) atoms. The molecule has 0 bridgehead atoms. The zero-order valence-electron chi connectivity index (χ0n) is 9.72. The van der Waals surface area contributed by atoms with Crippen LogP contribution >= 0.6 is 0 Å². The van der Waals surface area contributed by atoms with Crippen LogP contribution in [0.25, 0.3) is 0 Å². The van der Waals surface area contributed by atoms with Crippen molar-refractivity contribution >= 4 is 0 Å². The number of hydrogen-bond donors (Lipinski definition) is 2. The second-order valence-electron chi connectivity index (χ2n) is 4.40. The Balaban J connectivity index is 1.81. The lowest BCUT2D eigenvalue weighted by Gasteiger charge is -2.23. The van der Waals surface area contributed by atoms with E-state index in [2.05, 4.69) is 17.1 Å². The number of likely N-dealkylation sites (N-methyl/N-ethyl adjacent to an activating group) is 1. The average Bonchev–Trinajstić information content (AvgIpc) is 2.89. The van der Waals surface area contributed by atoms with Gasteiger partial charge in [-0.2, -0.15) is 0 Å². The summed E-state index contributed by atoms with van der Waals surface area (Å²) in [5, 5.41) is 12.8. The molecule has 1 aliphatic heterocycles. The van der Waals surface area contributed by atoms with Crippen molar-refractivity contribution in [3.63, 3.8) is 0 Å². The van der Waals surface area contributed by atoms with Crippen LogP contribution in [0, 0.1) is 0 Å². The zero-order valence-corrected chi connectivity index (χ0v) is 9.72. The van der Waals surface area contributed by atoms with E-state index in [4.69, 9.17) is 4.42 Å². The second-order valence-corrected chi connectivity index (χ2v) is 4.40. The van der Waals surface area contributed by atoms with Gasteiger partial charge in [0.15, 0.2) is 0 Å². The predicted molar refractivity (Wildman–Crippen MR) is 62.1 cm³/mol. The number of nitrogens with one attached hydrogen (secondary N) is 1. The van der Waals surface area contributed by atoms with Crippen LogP contribution in [0.3, 0.4) is 0 Å². The first kappa shape index (κ1) is 11.6. The summed E-state index contributed by atoms with van der Waals surface area (Å²) in [6.45, 7) is 5.68. The third kappa shape index (κ3) is 3.07. The van der Waals surface area contributed by atoms with E-state index < -0.39 is 0 Å². The standard InChI is InChI=1S/C12H20N2O2/c1-2-14(9-12-4-3-5-16-12)8-10-6-11(15)7-13-10/h3-5,10-11,13,15H,2,6-9H2,1H3. The van der Waals surface area contributed by atoms with Crippen LogP contribution in [0.2, 0.25) is 0 Å². The Bertz CT molecular complexity index is 300. The van der Waals surface area contributed by atoms with Crippen LogP contribution in [0.4, 0.5) is 0 Å². The summed E-state index contributed by atoms with van der Waals surface area (Å²) in [5.74, 6) is 1.00. The Morgan fingerprint density at radius 3 is 3.06 bits per heavy atom. The van der Waals surface area contributed by atoms with Gasteiger partial charge >= 0.3 is 0 Å². The highest BCUT2D eigenvalue weighted by molar-refractivity contribution is 4.98. The van der Waals surface area contributed by atoms with Crippen LogP contribution in [-0.4, -0.2) is 41.8 Å². The molecular formula is C12H20N2O2. The number of nitrogens with zero attached hydrogens (tertiary/aromatic N) is 1. The number of aliphatic hydroxyl groups excluding tert-OH is 1. The molecule has 1 aromatic heterocycles. The molecule has 90 valence electrons. The molecule has 0 radical (unpaired) electrons. The van der Waals surface area contributed by atoms with Crippen molar-refractivity contribution < 1.29 is 9.52 Å². The summed E-state index contributed by atoms with van der Waals surface area (Å²) in [4.78, 5) is 2.33. The summed E-state index contributed by atoms with van der Waals surface area (Å²) < 4.78 is 5.34. The molecule has 0 aliphatic carbocycles. The predicted octanol–water partition coefficient (Wildman–Crippen LogP) is 0.824. The molecule has 0 spiro atoms.